The molecular weight excluding hydrogens is 217 g/mol. The van der Waals surface area contributed by atoms with E-state index in [1.54, 1.807) is 0 Å². The first-order valence-corrected chi connectivity index (χ1v) is 4.66. The Morgan fingerprint density at radius 1 is 1.56 bits per heavy atom. The maximum Gasteiger partial charge on any atom is 0.314 e. The zero-order chi connectivity index (χ0) is 12.1. The van der Waals surface area contributed by atoms with Gasteiger partial charge in [-0.15, -0.1) is 0 Å². The molecule has 1 rings (SSSR count). The first-order valence-electron chi connectivity index (χ1n) is 4.66. The Bertz CT molecular complexity index is 420. The minimum absolute atomic E-state index is 0.153. The number of nitro benzene ring substituents is 1. The maximum atomic E-state index is 13.0. The SMILES string of the molecule is CCCOc1c(C=O)cc(F)cc1[N+](=O)[O-]. The Morgan fingerprint density at radius 2 is 2.25 bits per heavy atom. The second-order valence-electron chi connectivity index (χ2n) is 3.07. The summed E-state index contributed by atoms with van der Waals surface area (Å²) in [6, 6.07) is 1.64. The summed E-state index contributed by atoms with van der Waals surface area (Å²) < 4.78 is 18.0. The van der Waals surface area contributed by atoms with E-state index in [9.17, 15) is 19.3 Å². The van der Waals surface area contributed by atoms with Crippen LogP contribution in [-0.2, 0) is 0 Å². The lowest BCUT2D eigenvalue weighted by atomic mass is 10.2. The van der Waals surface area contributed by atoms with E-state index in [1.165, 1.54) is 0 Å². The zero-order valence-electron chi connectivity index (χ0n) is 8.60. The van der Waals surface area contributed by atoms with Crippen LogP contribution < -0.4 is 4.74 Å². The van der Waals surface area contributed by atoms with E-state index >= 15 is 0 Å². The summed E-state index contributed by atoms with van der Waals surface area (Å²) in [5.41, 5.74) is -0.685. The molecule has 6 heteroatoms. The number of carbonyl (C=O) groups is 1. The number of halogens is 1. The molecular formula is C10H10FNO4. The van der Waals surface area contributed by atoms with Crippen LogP contribution in [-0.4, -0.2) is 17.8 Å². The van der Waals surface area contributed by atoms with Gasteiger partial charge in [-0.1, -0.05) is 6.92 Å². The third-order valence-electron chi connectivity index (χ3n) is 1.84. The number of benzene rings is 1. The number of aldehydes is 1. The molecule has 0 saturated carbocycles. The molecule has 1 aromatic carbocycles. The van der Waals surface area contributed by atoms with Crippen molar-refractivity contribution >= 4 is 12.0 Å². The van der Waals surface area contributed by atoms with Gasteiger partial charge in [0.15, 0.2) is 6.29 Å². The summed E-state index contributed by atoms with van der Waals surface area (Å²) in [6.07, 6.45) is 0.966. The number of nitrogens with zero attached hydrogens (tertiary/aromatic N) is 1. The van der Waals surface area contributed by atoms with E-state index in [4.69, 9.17) is 4.74 Å². The topological polar surface area (TPSA) is 69.4 Å². The van der Waals surface area contributed by atoms with Crippen molar-refractivity contribution in [3.63, 3.8) is 0 Å². The molecule has 86 valence electrons. The van der Waals surface area contributed by atoms with Gasteiger partial charge >= 0.3 is 5.69 Å². The predicted molar refractivity (Wildman–Crippen MR) is 54.2 cm³/mol. The zero-order valence-corrected chi connectivity index (χ0v) is 8.60. The molecule has 0 N–H and O–H groups in total. The van der Waals surface area contributed by atoms with Crippen LogP contribution in [0.5, 0.6) is 5.75 Å². The van der Waals surface area contributed by atoms with E-state index in [-0.39, 0.29) is 17.9 Å². The van der Waals surface area contributed by atoms with Crippen molar-refractivity contribution < 1.29 is 18.8 Å². The molecule has 16 heavy (non-hydrogen) atoms. The van der Waals surface area contributed by atoms with Crippen LogP contribution in [0.4, 0.5) is 10.1 Å². The van der Waals surface area contributed by atoms with E-state index in [0.29, 0.717) is 12.7 Å². The number of hydrogen-bond donors (Lipinski definition) is 0. The van der Waals surface area contributed by atoms with Crippen molar-refractivity contribution in [2.45, 2.75) is 13.3 Å². The highest BCUT2D eigenvalue weighted by Crippen LogP contribution is 2.31. The molecule has 0 aliphatic rings. The lowest BCUT2D eigenvalue weighted by molar-refractivity contribution is -0.386. The standard InChI is InChI=1S/C10H10FNO4/c1-2-3-16-10-7(6-13)4-8(11)5-9(10)12(14)15/h4-6H,2-3H2,1H3. The van der Waals surface area contributed by atoms with Crippen LogP contribution in [0.1, 0.15) is 23.7 Å². The molecule has 0 aliphatic heterocycles. The van der Waals surface area contributed by atoms with E-state index < -0.39 is 16.4 Å². The smallest absolute Gasteiger partial charge is 0.314 e. The summed E-state index contributed by atoms with van der Waals surface area (Å²) in [5, 5.41) is 10.6. The highest BCUT2D eigenvalue weighted by molar-refractivity contribution is 5.82. The van der Waals surface area contributed by atoms with Gasteiger partial charge in [0, 0.05) is 0 Å². The first-order chi connectivity index (χ1) is 7.60. The third kappa shape index (κ3) is 2.53. The van der Waals surface area contributed by atoms with Crippen molar-refractivity contribution in [2.24, 2.45) is 0 Å². The summed E-state index contributed by atoms with van der Waals surface area (Å²) in [7, 11) is 0. The summed E-state index contributed by atoms with van der Waals surface area (Å²) >= 11 is 0. The largest absolute Gasteiger partial charge is 0.486 e. The number of rotatable bonds is 5. The fourth-order valence-electron chi connectivity index (χ4n) is 1.18. The molecule has 0 amide bonds. The Labute approximate surface area is 91.0 Å². The Morgan fingerprint density at radius 3 is 2.75 bits per heavy atom. The molecule has 0 aromatic heterocycles. The molecule has 0 aliphatic carbocycles. The number of ether oxygens (including phenoxy) is 1. The maximum absolute atomic E-state index is 13.0. The summed E-state index contributed by atoms with van der Waals surface area (Å²) in [5.74, 6) is -1.01. The van der Waals surface area contributed by atoms with Gasteiger partial charge in [-0.05, 0) is 12.5 Å². The highest BCUT2D eigenvalue weighted by atomic mass is 19.1. The minimum Gasteiger partial charge on any atom is -0.486 e. The van der Waals surface area contributed by atoms with Gasteiger partial charge in [-0.2, -0.15) is 0 Å². The van der Waals surface area contributed by atoms with Crippen LogP contribution in [0, 0.1) is 15.9 Å². The molecule has 0 fully saturated rings. The molecule has 5 nitrogen and oxygen atoms in total. The number of nitro groups is 1. The third-order valence-corrected chi connectivity index (χ3v) is 1.84. The quantitative estimate of drug-likeness (QED) is 0.439. The van der Waals surface area contributed by atoms with Gasteiger partial charge < -0.3 is 4.74 Å². The van der Waals surface area contributed by atoms with Crippen LogP contribution in [0.25, 0.3) is 0 Å². The van der Waals surface area contributed by atoms with Gasteiger partial charge in [0.05, 0.1) is 23.2 Å². The first kappa shape index (κ1) is 12.1. The van der Waals surface area contributed by atoms with E-state index in [0.717, 1.165) is 12.1 Å². The van der Waals surface area contributed by atoms with Crippen molar-refractivity contribution in [3.05, 3.63) is 33.6 Å². The van der Waals surface area contributed by atoms with Crippen LogP contribution in [0.15, 0.2) is 12.1 Å². The van der Waals surface area contributed by atoms with Crippen LogP contribution in [0.3, 0.4) is 0 Å². The van der Waals surface area contributed by atoms with Crippen molar-refractivity contribution in [2.75, 3.05) is 6.61 Å². The van der Waals surface area contributed by atoms with Crippen molar-refractivity contribution in [1.82, 2.24) is 0 Å². The Balaban J connectivity index is 3.27. The van der Waals surface area contributed by atoms with Crippen LogP contribution in [0.2, 0.25) is 0 Å². The average Bonchev–Trinajstić information content (AvgIpc) is 2.26. The summed E-state index contributed by atoms with van der Waals surface area (Å²) in [6.45, 7) is 2.04. The summed E-state index contributed by atoms with van der Waals surface area (Å²) in [4.78, 5) is 20.5. The average molecular weight is 227 g/mol. The molecule has 0 radical (unpaired) electrons. The van der Waals surface area contributed by atoms with Gasteiger partial charge in [0.1, 0.15) is 5.82 Å². The molecule has 0 bridgehead atoms. The molecule has 0 saturated heterocycles. The second kappa shape index (κ2) is 5.20. The molecule has 0 unspecified atom stereocenters. The van der Waals surface area contributed by atoms with Crippen molar-refractivity contribution in [1.29, 1.82) is 0 Å². The Kier molecular flexibility index (Phi) is 3.93. The van der Waals surface area contributed by atoms with Crippen LogP contribution >= 0.6 is 0 Å². The van der Waals surface area contributed by atoms with E-state index in [2.05, 4.69) is 0 Å². The lowest BCUT2D eigenvalue weighted by Gasteiger charge is -2.07. The van der Waals surface area contributed by atoms with E-state index in [1.807, 2.05) is 6.92 Å². The number of carbonyl (C=O) groups excluding carboxylic acids is 1. The second-order valence-corrected chi connectivity index (χ2v) is 3.07. The molecule has 0 spiro atoms. The van der Waals surface area contributed by atoms with Gasteiger partial charge in [0.2, 0.25) is 5.75 Å². The van der Waals surface area contributed by atoms with Gasteiger partial charge in [-0.3, -0.25) is 14.9 Å². The lowest BCUT2D eigenvalue weighted by Crippen LogP contribution is -2.03. The Hall–Kier alpha value is -1.98. The molecule has 0 atom stereocenters. The molecule has 0 heterocycles. The van der Waals surface area contributed by atoms with Gasteiger partial charge in [-0.25, -0.2) is 4.39 Å². The fourth-order valence-corrected chi connectivity index (χ4v) is 1.18. The minimum atomic E-state index is -0.836. The molecule has 1 aromatic rings. The highest BCUT2D eigenvalue weighted by Gasteiger charge is 2.21. The van der Waals surface area contributed by atoms with Gasteiger partial charge in [0.25, 0.3) is 0 Å². The predicted octanol–water partition coefficient (Wildman–Crippen LogP) is 2.34. The number of hydrogen-bond acceptors (Lipinski definition) is 4. The fraction of sp³-hybridized carbons (Fsp3) is 0.300. The monoisotopic (exact) mass is 227 g/mol. The normalized spacial score (nSPS) is 9.88. The van der Waals surface area contributed by atoms with Crippen molar-refractivity contribution in [3.8, 4) is 5.75 Å².